The molecule has 1 unspecified atom stereocenters. The maximum absolute atomic E-state index is 5.52. The molecule has 0 aliphatic carbocycles. The Morgan fingerprint density at radius 3 is 1.94 bits per heavy atom. The third-order valence-corrected chi connectivity index (χ3v) is 12.1. The monoisotopic (exact) mass is 666 g/mol. The van der Waals surface area contributed by atoms with Gasteiger partial charge in [0.2, 0.25) is 0 Å². The number of hydrogen-bond donors (Lipinski definition) is 3. The van der Waals surface area contributed by atoms with E-state index in [0.29, 0.717) is 0 Å². The Balaban J connectivity index is 1.61. The number of nitrogens with zero attached hydrogens (tertiary/aromatic N) is 3. The molecule has 5 aliphatic heterocycles. The smallest absolute Gasteiger partial charge is 0.0908 e. The highest BCUT2D eigenvalue weighted by Gasteiger charge is 2.36. The molecule has 3 N–H and O–H groups in total. The van der Waals surface area contributed by atoms with Crippen LogP contribution in [0.3, 0.4) is 0 Å². The molecule has 0 radical (unpaired) electrons. The number of fused-ring (bicyclic) bond motifs is 11. The Morgan fingerprint density at radius 2 is 1.30 bits per heavy atom. The van der Waals surface area contributed by atoms with Gasteiger partial charge in [-0.25, -0.2) is 15.0 Å². The lowest BCUT2D eigenvalue weighted by atomic mass is 9.92. The van der Waals surface area contributed by atoms with Crippen molar-refractivity contribution in [3.63, 3.8) is 0 Å². The van der Waals surface area contributed by atoms with Crippen molar-refractivity contribution in [2.75, 3.05) is 0 Å². The SMILES string of the molecule is CCC1=C(C)C2=NC1=CC1=NC(=C3NC(=C(CC)C3C)C3=NC(=c4[nH]c(c(CC)c4C)=Cc4[nH]c2c(C)c4CC)C(C)=C3CC)C(C)=C1CC. The van der Waals surface area contributed by atoms with Crippen LogP contribution in [-0.4, -0.2) is 27.1 Å². The number of allylic oxidation sites excluding steroid dienone is 7. The fraction of sp³-hybridized carbons (Fsp3) is 0.432. The van der Waals surface area contributed by atoms with Gasteiger partial charge in [-0.2, -0.15) is 0 Å². The first-order chi connectivity index (χ1) is 24.0. The van der Waals surface area contributed by atoms with Gasteiger partial charge in [-0.05, 0) is 147 Å². The first-order valence-electron chi connectivity index (χ1n) is 19.0. The van der Waals surface area contributed by atoms with Crippen molar-refractivity contribution in [3.05, 3.63) is 112 Å². The summed E-state index contributed by atoms with van der Waals surface area (Å²) in [7, 11) is 0. The molecule has 7 rings (SSSR count). The number of aromatic nitrogens is 2. The zero-order valence-electron chi connectivity index (χ0n) is 32.3. The van der Waals surface area contributed by atoms with Gasteiger partial charge in [0.05, 0.1) is 51.0 Å². The molecule has 0 amide bonds. The molecule has 6 nitrogen and oxygen atoms in total. The van der Waals surface area contributed by atoms with Gasteiger partial charge in [0.1, 0.15) is 0 Å². The molecular weight excluding hydrogens is 613 g/mol. The normalized spacial score (nSPS) is 20.2. The number of rotatable bonds is 6. The summed E-state index contributed by atoms with van der Waals surface area (Å²) in [6.07, 6.45) is 10.2. The van der Waals surface area contributed by atoms with Gasteiger partial charge in [0.15, 0.2) is 0 Å². The molecule has 12 bridgehead atoms. The molecule has 7 heterocycles. The summed E-state index contributed by atoms with van der Waals surface area (Å²) in [6.45, 7) is 27.1. The van der Waals surface area contributed by atoms with Crippen molar-refractivity contribution >= 4 is 28.9 Å². The largest absolute Gasteiger partial charge is 0.355 e. The minimum atomic E-state index is 0.218. The average Bonchev–Trinajstić information content (AvgIpc) is 3.91. The van der Waals surface area contributed by atoms with E-state index in [9.17, 15) is 0 Å². The zero-order chi connectivity index (χ0) is 35.8. The van der Waals surface area contributed by atoms with E-state index in [2.05, 4.69) is 111 Å². The van der Waals surface area contributed by atoms with Crippen molar-refractivity contribution in [1.29, 1.82) is 0 Å². The second-order valence-electron chi connectivity index (χ2n) is 14.4. The molecule has 0 saturated heterocycles. The average molecular weight is 667 g/mol. The minimum absolute atomic E-state index is 0.218. The second kappa shape index (κ2) is 12.7. The number of aromatic amines is 2. The van der Waals surface area contributed by atoms with E-state index in [0.717, 1.165) is 94.8 Å². The lowest BCUT2D eigenvalue weighted by Crippen LogP contribution is -2.18. The van der Waals surface area contributed by atoms with Crippen LogP contribution in [0.4, 0.5) is 0 Å². The van der Waals surface area contributed by atoms with Gasteiger partial charge in [-0.15, -0.1) is 0 Å². The molecule has 0 spiro atoms. The van der Waals surface area contributed by atoms with Crippen molar-refractivity contribution in [2.24, 2.45) is 20.9 Å². The Kier molecular flexibility index (Phi) is 8.64. The molecule has 1 atom stereocenters. The highest BCUT2D eigenvalue weighted by Crippen LogP contribution is 2.42. The third-order valence-electron chi connectivity index (χ3n) is 12.1. The number of nitrogens with one attached hydrogen (secondary N) is 3. The van der Waals surface area contributed by atoms with Crippen LogP contribution in [0.1, 0.15) is 129 Å². The van der Waals surface area contributed by atoms with Crippen molar-refractivity contribution in [3.8, 4) is 0 Å². The van der Waals surface area contributed by atoms with E-state index in [1.54, 1.807) is 0 Å². The molecule has 2 aromatic rings. The molecule has 50 heavy (non-hydrogen) atoms. The number of hydrogen-bond acceptors (Lipinski definition) is 4. The third kappa shape index (κ3) is 4.85. The van der Waals surface area contributed by atoms with Gasteiger partial charge in [-0.1, -0.05) is 48.5 Å². The summed E-state index contributed by atoms with van der Waals surface area (Å²) in [5.74, 6) is 0.218. The standard InChI is InChI=1S/C44H54N6/c1-13-27-21(7)37-38-22(8)28(14-2)34(46-38)20-36-30(16-4)24(10)40(48-36)42-26(12)32(18-6)44(50-42)43-31(17-5)25(11)41(49-43)39-23(9)29(15-3)35(47-39)19-33(27)45-37/h19-20,25,46,48-49H,13-18H2,1-12H3. The summed E-state index contributed by atoms with van der Waals surface area (Å²) >= 11 is 0. The molecule has 2 aromatic heterocycles. The second-order valence-corrected chi connectivity index (χ2v) is 14.4. The molecule has 6 heteroatoms. The Bertz CT molecular complexity index is 2290. The molecule has 0 fully saturated rings. The van der Waals surface area contributed by atoms with Crippen molar-refractivity contribution in [2.45, 2.75) is 122 Å². The first kappa shape index (κ1) is 34.0. The highest BCUT2D eigenvalue weighted by atomic mass is 15.0. The van der Waals surface area contributed by atoms with Crippen molar-refractivity contribution in [1.82, 2.24) is 15.3 Å². The van der Waals surface area contributed by atoms with E-state index in [1.807, 2.05) is 0 Å². The topological polar surface area (TPSA) is 80.7 Å². The maximum Gasteiger partial charge on any atom is 0.0908 e. The Labute approximate surface area is 298 Å². The fourth-order valence-electron chi connectivity index (χ4n) is 9.21. The summed E-state index contributed by atoms with van der Waals surface area (Å²) in [5, 5.41) is 6.25. The van der Waals surface area contributed by atoms with E-state index in [-0.39, 0.29) is 5.92 Å². The van der Waals surface area contributed by atoms with Gasteiger partial charge >= 0.3 is 0 Å². The van der Waals surface area contributed by atoms with Crippen LogP contribution in [0.15, 0.2) is 82.9 Å². The first-order valence-corrected chi connectivity index (χ1v) is 19.0. The van der Waals surface area contributed by atoms with Gasteiger partial charge in [-0.3, -0.25) is 0 Å². The van der Waals surface area contributed by atoms with Crippen LogP contribution in [0, 0.1) is 19.8 Å². The van der Waals surface area contributed by atoms with E-state index in [4.69, 9.17) is 15.0 Å². The molecule has 0 aromatic carbocycles. The molecule has 0 saturated carbocycles. The molecule has 260 valence electrons. The van der Waals surface area contributed by atoms with Crippen LogP contribution in [-0.2, 0) is 12.8 Å². The van der Waals surface area contributed by atoms with E-state index in [1.165, 1.54) is 72.7 Å². The van der Waals surface area contributed by atoms with Gasteiger partial charge in [0.25, 0.3) is 0 Å². The Hall–Kier alpha value is -4.45. The number of H-pyrrole nitrogens is 2. The Morgan fingerprint density at radius 1 is 0.620 bits per heavy atom. The minimum Gasteiger partial charge on any atom is -0.355 e. The van der Waals surface area contributed by atoms with Crippen LogP contribution in [0.5, 0.6) is 0 Å². The summed E-state index contributed by atoms with van der Waals surface area (Å²) < 4.78 is 0. The lowest BCUT2D eigenvalue weighted by molar-refractivity contribution is 0.759. The van der Waals surface area contributed by atoms with Gasteiger partial charge in [0, 0.05) is 22.7 Å². The molecule has 5 aliphatic rings. The maximum atomic E-state index is 5.52. The van der Waals surface area contributed by atoms with Gasteiger partial charge < -0.3 is 15.3 Å². The van der Waals surface area contributed by atoms with Crippen molar-refractivity contribution < 1.29 is 0 Å². The molecular formula is C44H54N6. The summed E-state index contributed by atoms with van der Waals surface area (Å²) in [5.41, 5.74) is 25.3. The summed E-state index contributed by atoms with van der Waals surface area (Å²) in [6, 6.07) is 0. The van der Waals surface area contributed by atoms with E-state index >= 15 is 0 Å². The number of aliphatic imine (C=N–C) groups is 3. The van der Waals surface area contributed by atoms with Crippen LogP contribution < -0.4 is 16.0 Å². The zero-order valence-corrected chi connectivity index (χ0v) is 32.3. The van der Waals surface area contributed by atoms with Crippen LogP contribution >= 0.6 is 0 Å². The quantitative estimate of drug-likeness (QED) is 0.265. The fourth-order valence-corrected chi connectivity index (χ4v) is 9.21. The van der Waals surface area contributed by atoms with Crippen LogP contribution in [0.25, 0.3) is 11.8 Å². The lowest BCUT2D eigenvalue weighted by Gasteiger charge is -2.12. The predicted octanol–water partition coefficient (Wildman–Crippen LogP) is 8.93. The summed E-state index contributed by atoms with van der Waals surface area (Å²) in [4.78, 5) is 24.1. The predicted molar refractivity (Wildman–Crippen MR) is 211 cm³/mol. The highest BCUT2D eigenvalue weighted by molar-refractivity contribution is 6.20. The van der Waals surface area contributed by atoms with Crippen LogP contribution in [0.2, 0.25) is 0 Å². The van der Waals surface area contributed by atoms with E-state index < -0.39 is 0 Å².